The van der Waals surface area contributed by atoms with Crippen LogP contribution in [0.3, 0.4) is 0 Å². The third kappa shape index (κ3) is 4.38. The average Bonchev–Trinajstić information content (AvgIpc) is 3.00. The summed E-state index contributed by atoms with van der Waals surface area (Å²) in [6.45, 7) is 8.11. The fraction of sp³-hybridized carbons (Fsp3) is 0.320. The number of hydrogen-bond donors (Lipinski definition) is 1. The number of carbonyl (C=O) groups is 2. The van der Waals surface area contributed by atoms with Gasteiger partial charge in [0.1, 0.15) is 5.69 Å². The zero-order chi connectivity index (χ0) is 22.8. The van der Waals surface area contributed by atoms with Crippen LogP contribution in [-0.4, -0.2) is 26.5 Å². The van der Waals surface area contributed by atoms with Gasteiger partial charge in [-0.05, 0) is 49.9 Å². The lowest BCUT2D eigenvalue weighted by atomic mass is 9.99. The van der Waals surface area contributed by atoms with Gasteiger partial charge in [-0.3, -0.25) is 13.9 Å². The van der Waals surface area contributed by atoms with Crippen LogP contribution in [0.1, 0.15) is 66.2 Å². The van der Waals surface area contributed by atoms with Crippen molar-refractivity contribution < 1.29 is 14.7 Å². The first-order valence-electron chi connectivity index (χ1n) is 10.4. The van der Waals surface area contributed by atoms with Crippen LogP contribution in [0.2, 0.25) is 0 Å². The van der Waals surface area contributed by atoms with Gasteiger partial charge in [-0.1, -0.05) is 55.8 Å². The molecule has 0 bridgehead atoms. The summed E-state index contributed by atoms with van der Waals surface area (Å²) >= 11 is 0. The number of benzene rings is 2. The van der Waals surface area contributed by atoms with Crippen LogP contribution in [-0.2, 0) is 18.5 Å². The van der Waals surface area contributed by atoms with Crippen LogP contribution < -0.4 is 5.69 Å². The molecule has 6 nitrogen and oxygen atoms in total. The lowest BCUT2D eigenvalue weighted by Crippen LogP contribution is -2.36. The van der Waals surface area contributed by atoms with Gasteiger partial charge in [0.25, 0.3) is 0 Å². The average molecular weight is 421 g/mol. The van der Waals surface area contributed by atoms with Gasteiger partial charge < -0.3 is 5.11 Å². The number of carboxylic acids is 1. The first-order valence-corrected chi connectivity index (χ1v) is 10.4. The molecule has 0 unspecified atom stereocenters. The lowest BCUT2D eigenvalue weighted by molar-refractivity contribution is 0.0697. The van der Waals surface area contributed by atoms with Crippen LogP contribution in [0.4, 0.5) is 0 Å². The molecule has 1 aromatic heterocycles. The van der Waals surface area contributed by atoms with Crippen LogP contribution in [0.5, 0.6) is 0 Å². The SMILES string of the molecule is CCCc1c(C=O)n(C(C)(C)C)c(=O)n1Cc1ccc(-c2ccccc2C(=O)O)cc1. The van der Waals surface area contributed by atoms with Crippen LogP contribution in [0.15, 0.2) is 53.3 Å². The van der Waals surface area contributed by atoms with E-state index in [4.69, 9.17) is 0 Å². The molecule has 0 radical (unpaired) electrons. The summed E-state index contributed by atoms with van der Waals surface area (Å²) in [6.07, 6.45) is 2.23. The predicted molar refractivity (Wildman–Crippen MR) is 121 cm³/mol. The van der Waals surface area contributed by atoms with E-state index < -0.39 is 11.5 Å². The fourth-order valence-corrected chi connectivity index (χ4v) is 3.93. The van der Waals surface area contributed by atoms with Crippen molar-refractivity contribution in [2.45, 2.75) is 52.6 Å². The molecule has 0 aliphatic rings. The molecule has 0 spiro atoms. The van der Waals surface area contributed by atoms with Crippen molar-refractivity contribution in [2.24, 2.45) is 0 Å². The molecule has 0 saturated carbocycles. The molecule has 1 heterocycles. The maximum absolute atomic E-state index is 13.2. The molecule has 0 fully saturated rings. The Bertz CT molecular complexity index is 1160. The minimum atomic E-state index is -0.972. The number of aromatic carboxylic acids is 1. The summed E-state index contributed by atoms with van der Waals surface area (Å²) in [5.41, 5.74) is 3.07. The van der Waals surface area contributed by atoms with Gasteiger partial charge in [0.15, 0.2) is 6.29 Å². The third-order valence-corrected chi connectivity index (χ3v) is 5.32. The van der Waals surface area contributed by atoms with Crippen molar-refractivity contribution in [3.8, 4) is 11.1 Å². The summed E-state index contributed by atoms with van der Waals surface area (Å²) < 4.78 is 3.25. The van der Waals surface area contributed by atoms with Gasteiger partial charge in [-0.2, -0.15) is 0 Å². The van der Waals surface area contributed by atoms with Gasteiger partial charge in [0.05, 0.1) is 17.8 Å². The van der Waals surface area contributed by atoms with Gasteiger partial charge >= 0.3 is 11.7 Å². The molecular weight excluding hydrogens is 392 g/mol. The highest BCUT2D eigenvalue weighted by molar-refractivity contribution is 5.96. The summed E-state index contributed by atoms with van der Waals surface area (Å²) in [5, 5.41) is 9.44. The minimum absolute atomic E-state index is 0.196. The molecule has 31 heavy (non-hydrogen) atoms. The number of imidazole rings is 1. The second-order valence-corrected chi connectivity index (χ2v) is 8.62. The highest BCUT2D eigenvalue weighted by atomic mass is 16.4. The van der Waals surface area contributed by atoms with Gasteiger partial charge in [-0.25, -0.2) is 9.59 Å². The standard InChI is InChI=1S/C25H28N2O4/c1-5-8-21-22(16-28)27(25(2,3)4)24(31)26(21)15-17-11-13-18(14-12-17)19-9-6-7-10-20(19)23(29)30/h6-7,9-14,16H,5,8,15H2,1-4H3,(H,29,30). The Balaban J connectivity index is 2.02. The van der Waals surface area contributed by atoms with E-state index in [2.05, 4.69) is 0 Å². The molecule has 1 N–H and O–H groups in total. The molecule has 0 aliphatic carbocycles. The number of carboxylic acid groups (broad SMARTS) is 1. The molecule has 162 valence electrons. The lowest BCUT2D eigenvalue weighted by Gasteiger charge is -2.21. The van der Waals surface area contributed by atoms with E-state index in [1.54, 1.807) is 27.3 Å². The summed E-state index contributed by atoms with van der Waals surface area (Å²) in [5.74, 6) is -0.972. The molecule has 0 amide bonds. The van der Waals surface area contributed by atoms with Crippen LogP contribution >= 0.6 is 0 Å². The number of aldehydes is 1. The van der Waals surface area contributed by atoms with E-state index in [1.165, 1.54) is 0 Å². The number of nitrogens with zero attached hydrogens (tertiary/aromatic N) is 2. The highest BCUT2D eigenvalue weighted by Crippen LogP contribution is 2.25. The Hall–Kier alpha value is -3.41. The Kier molecular flexibility index (Phi) is 6.29. The van der Waals surface area contributed by atoms with Crippen molar-refractivity contribution in [2.75, 3.05) is 0 Å². The second-order valence-electron chi connectivity index (χ2n) is 8.62. The molecule has 0 atom stereocenters. The Morgan fingerprint density at radius 1 is 1.06 bits per heavy atom. The minimum Gasteiger partial charge on any atom is -0.478 e. The molecule has 0 aliphatic heterocycles. The van der Waals surface area contributed by atoms with Gasteiger partial charge in [-0.15, -0.1) is 0 Å². The molecule has 6 heteroatoms. The van der Waals surface area contributed by atoms with Crippen molar-refractivity contribution in [1.82, 2.24) is 9.13 Å². The fourth-order valence-electron chi connectivity index (χ4n) is 3.93. The monoisotopic (exact) mass is 420 g/mol. The molecule has 3 aromatic rings. The van der Waals surface area contributed by atoms with Crippen LogP contribution in [0, 0.1) is 0 Å². The Morgan fingerprint density at radius 3 is 2.26 bits per heavy atom. The van der Waals surface area contributed by atoms with Gasteiger partial charge in [0, 0.05) is 5.54 Å². The highest BCUT2D eigenvalue weighted by Gasteiger charge is 2.26. The van der Waals surface area contributed by atoms with E-state index in [1.807, 2.05) is 58.0 Å². The molecule has 3 rings (SSSR count). The summed E-state index contributed by atoms with van der Waals surface area (Å²) in [6, 6.07) is 14.4. The topological polar surface area (TPSA) is 81.3 Å². The van der Waals surface area contributed by atoms with Crippen molar-refractivity contribution in [1.29, 1.82) is 0 Å². The molecule has 2 aromatic carbocycles. The number of carbonyl (C=O) groups excluding carboxylic acids is 1. The normalized spacial score (nSPS) is 11.5. The van der Waals surface area contributed by atoms with Crippen LogP contribution in [0.25, 0.3) is 11.1 Å². The summed E-state index contributed by atoms with van der Waals surface area (Å²) in [4.78, 5) is 36.6. The zero-order valence-electron chi connectivity index (χ0n) is 18.4. The third-order valence-electron chi connectivity index (χ3n) is 5.32. The second kappa shape index (κ2) is 8.76. The molecular formula is C25H28N2O4. The van der Waals surface area contributed by atoms with Crippen molar-refractivity contribution in [3.63, 3.8) is 0 Å². The number of hydrogen-bond acceptors (Lipinski definition) is 3. The predicted octanol–water partition coefficient (Wildman–Crippen LogP) is 4.58. The van der Waals surface area contributed by atoms with Crippen molar-refractivity contribution >= 4 is 12.3 Å². The zero-order valence-corrected chi connectivity index (χ0v) is 18.4. The first kappa shape index (κ1) is 22.3. The van der Waals surface area contributed by atoms with E-state index in [-0.39, 0.29) is 11.3 Å². The van der Waals surface area contributed by atoms with E-state index in [0.29, 0.717) is 24.2 Å². The Labute approximate surface area is 181 Å². The smallest absolute Gasteiger partial charge is 0.336 e. The molecule has 0 saturated heterocycles. The van der Waals surface area contributed by atoms with E-state index in [0.717, 1.165) is 29.5 Å². The first-order chi connectivity index (χ1) is 14.7. The number of aromatic nitrogens is 2. The quantitative estimate of drug-likeness (QED) is 0.567. The maximum Gasteiger partial charge on any atom is 0.336 e. The largest absolute Gasteiger partial charge is 0.478 e. The van der Waals surface area contributed by atoms with E-state index >= 15 is 0 Å². The number of rotatable bonds is 7. The van der Waals surface area contributed by atoms with Crippen molar-refractivity contribution in [3.05, 3.63) is 81.5 Å². The Morgan fingerprint density at radius 2 is 1.71 bits per heavy atom. The maximum atomic E-state index is 13.2. The van der Waals surface area contributed by atoms with Gasteiger partial charge in [0.2, 0.25) is 0 Å². The van der Waals surface area contributed by atoms with E-state index in [9.17, 15) is 19.5 Å². The summed E-state index contributed by atoms with van der Waals surface area (Å²) in [7, 11) is 0.